The molecule has 78 valence electrons. The predicted octanol–water partition coefficient (Wildman–Crippen LogP) is 3.84. The molecule has 1 unspecified atom stereocenters. The van der Waals surface area contributed by atoms with Crippen LogP contribution < -0.4 is 5.73 Å². The Morgan fingerprint density at radius 1 is 1.43 bits per heavy atom. The molecule has 0 fully saturated rings. The summed E-state index contributed by atoms with van der Waals surface area (Å²) in [5.41, 5.74) is 8.26. The first kappa shape index (κ1) is 11.5. The topological polar surface area (TPSA) is 26.0 Å². The monoisotopic (exact) mass is 211 g/mol. The number of aryl methyl sites for hydroxylation is 1. The molecule has 0 amide bonds. The molecule has 1 atom stereocenters. The van der Waals surface area contributed by atoms with Gasteiger partial charge in [0.1, 0.15) is 0 Å². The third kappa shape index (κ3) is 2.73. The van der Waals surface area contributed by atoms with Crippen molar-refractivity contribution in [3.8, 4) is 0 Å². The molecule has 0 bridgehead atoms. The van der Waals surface area contributed by atoms with Crippen LogP contribution in [0.4, 0.5) is 0 Å². The molecule has 14 heavy (non-hydrogen) atoms. The Morgan fingerprint density at radius 2 is 2.14 bits per heavy atom. The molecule has 0 spiro atoms. The van der Waals surface area contributed by atoms with Crippen LogP contribution in [0.15, 0.2) is 18.2 Å². The lowest BCUT2D eigenvalue weighted by Gasteiger charge is -2.14. The van der Waals surface area contributed by atoms with Crippen molar-refractivity contribution >= 4 is 11.6 Å². The normalized spacial score (nSPS) is 12.9. The van der Waals surface area contributed by atoms with Crippen molar-refractivity contribution < 1.29 is 0 Å². The predicted molar refractivity (Wildman–Crippen MR) is 62.6 cm³/mol. The maximum Gasteiger partial charge on any atom is 0.0482 e. The summed E-state index contributed by atoms with van der Waals surface area (Å²) in [5, 5.41) is 0.830. The summed E-state index contributed by atoms with van der Waals surface area (Å²) in [5.74, 6) is 0. The highest BCUT2D eigenvalue weighted by molar-refractivity contribution is 6.32. The van der Waals surface area contributed by atoms with Gasteiger partial charge < -0.3 is 5.73 Å². The second kappa shape index (κ2) is 5.38. The van der Waals surface area contributed by atoms with Gasteiger partial charge in [0.2, 0.25) is 0 Å². The number of halogens is 1. The summed E-state index contributed by atoms with van der Waals surface area (Å²) in [6, 6.07) is 6.14. The molecule has 1 rings (SSSR count). The third-order valence-electron chi connectivity index (χ3n) is 2.49. The van der Waals surface area contributed by atoms with Gasteiger partial charge in [-0.3, -0.25) is 0 Å². The van der Waals surface area contributed by atoms with Gasteiger partial charge in [0, 0.05) is 11.1 Å². The maximum atomic E-state index is 6.19. The minimum Gasteiger partial charge on any atom is -0.324 e. The first-order valence-electron chi connectivity index (χ1n) is 5.17. The van der Waals surface area contributed by atoms with Crippen LogP contribution in [0.1, 0.15) is 43.4 Å². The fourth-order valence-corrected chi connectivity index (χ4v) is 1.80. The van der Waals surface area contributed by atoms with Gasteiger partial charge in [-0.05, 0) is 24.5 Å². The third-order valence-corrected chi connectivity index (χ3v) is 3.01. The summed E-state index contributed by atoms with van der Waals surface area (Å²) in [4.78, 5) is 0. The first-order valence-corrected chi connectivity index (χ1v) is 5.55. The summed E-state index contributed by atoms with van der Waals surface area (Å²) in [7, 11) is 0. The number of nitrogens with two attached hydrogens (primary N) is 1. The molecule has 0 aliphatic rings. The quantitative estimate of drug-likeness (QED) is 0.805. The van der Waals surface area contributed by atoms with Gasteiger partial charge in [-0.1, -0.05) is 49.6 Å². The van der Waals surface area contributed by atoms with Crippen LogP contribution in [0.5, 0.6) is 0 Å². The number of rotatable bonds is 4. The average molecular weight is 212 g/mol. The fraction of sp³-hybridized carbons (Fsp3) is 0.500. The van der Waals surface area contributed by atoms with E-state index in [1.54, 1.807) is 0 Å². The van der Waals surface area contributed by atoms with E-state index in [0.29, 0.717) is 0 Å². The van der Waals surface area contributed by atoms with Gasteiger partial charge in [0.15, 0.2) is 0 Å². The van der Waals surface area contributed by atoms with Crippen LogP contribution in [-0.4, -0.2) is 0 Å². The summed E-state index contributed by atoms with van der Waals surface area (Å²) >= 11 is 6.19. The van der Waals surface area contributed by atoms with Crippen LogP contribution in [0.3, 0.4) is 0 Å². The minimum atomic E-state index is 0.0855. The van der Waals surface area contributed by atoms with Crippen LogP contribution in [0.2, 0.25) is 5.02 Å². The molecule has 0 saturated heterocycles. The van der Waals surface area contributed by atoms with Crippen molar-refractivity contribution in [1.82, 2.24) is 0 Å². The van der Waals surface area contributed by atoms with Gasteiger partial charge in [0.05, 0.1) is 0 Å². The number of hydrogen-bond acceptors (Lipinski definition) is 1. The highest BCUT2D eigenvalue weighted by atomic mass is 35.5. The molecule has 0 saturated carbocycles. The van der Waals surface area contributed by atoms with E-state index in [4.69, 9.17) is 17.3 Å². The van der Waals surface area contributed by atoms with Gasteiger partial charge >= 0.3 is 0 Å². The van der Waals surface area contributed by atoms with E-state index >= 15 is 0 Å². The molecule has 0 heterocycles. The first-order chi connectivity index (χ1) is 6.66. The van der Waals surface area contributed by atoms with Crippen molar-refractivity contribution in [2.24, 2.45) is 5.73 Å². The minimum absolute atomic E-state index is 0.0855. The lowest BCUT2D eigenvalue weighted by atomic mass is 10.0. The van der Waals surface area contributed by atoms with E-state index < -0.39 is 0 Å². The molecule has 2 N–H and O–H groups in total. The summed E-state index contributed by atoms with van der Waals surface area (Å²) < 4.78 is 0. The lowest BCUT2D eigenvalue weighted by Crippen LogP contribution is -2.10. The molecule has 2 heteroatoms. The zero-order valence-electron chi connectivity index (χ0n) is 8.89. The van der Waals surface area contributed by atoms with Gasteiger partial charge in [-0.15, -0.1) is 0 Å². The second-order valence-corrected chi connectivity index (χ2v) is 4.10. The molecule has 0 aliphatic carbocycles. The highest BCUT2D eigenvalue weighted by Gasteiger charge is 2.10. The second-order valence-electron chi connectivity index (χ2n) is 3.73. The molecule has 1 nitrogen and oxygen atoms in total. The zero-order chi connectivity index (χ0) is 10.6. The van der Waals surface area contributed by atoms with E-state index in [9.17, 15) is 0 Å². The largest absolute Gasteiger partial charge is 0.324 e. The molecular formula is C12H18ClN. The molecule has 1 aromatic rings. The lowest BCUT2D eigenvalue weighted by molar-refractivity contribution is 0.603. The SMILES string of the molecule is CCCCC(N)c1cccc(C)c1Cl. The summed E-state index contributed by atoms with van der Waals surface area (Å²) in [6.45, 7) is 4.18. The van der Waals surface area contributed by atoms with E-state index in [-0.39, 0.29) is 6.04 Å². The van der Waals surface area contributed by atoms with Crippen LogP contribution >= 0.6 is 11.6 Å². The average Bonchev–Trinajstić information content (AvgIpc) is 2.18. The highest BCUT2D eigenvalue weighted by Crippen LogP contribution is 2.27. The van der Waals surface area contributed by atoms with Crippen molar-refractivity contribution in [3.05, 3.63) is 34.3 Å². The molecule has 0 aromatic heterocycles. The Hall–Kier alpha value is -0.530. The van der Waals surface area contributed by atoms with Gasteiger partial charge in [0.25, 0.3) is 0 Å². The maximum absolute atomic E-state index is 6.19. The Bertz CT molecular complexity index is 296. The number of benzene rings is 1. The van der Waals surface area contributed by atoms with E-state index in [2.05, 4.69) is 6.92 Å². The van der Waals surface area contributed by atoms with Gasteiger partial charge in [-0.25, -0.2) is 0 Å². The fourth-order valence-electron chi connectivity index (χ4n) is 1.54. The van der Waals surface area contributed by atoms with Crippen LogP contribution in [-0.2, 0) is 0 Å². The van der Waals surface area contributed by atoms with E-state index in [1.807, 2.05) is 25.1 Å². The van der Waals surface area contributed by atoms with E-state index in [1.165, 1.54) is 6.42 Å². The van der Waals surface area contributed by atoms with Crippen molar-refractivity contribution in [2.75, 3.05) is 0 Å². The van der Waals surface area contributed by atoms with Crippen LogP contribution in [0.25, 0.3) is 0 Å². The number of unbranched alkanes of at least 4 members (excludes halogenated alkanes) is 1. The van der Waals surface area contributed by atoms with E-state index in [0.717, 1.165) is 29.0 Å². The smallest absolute Gasteiger partial charge is 0.0482 e. The Kier molecular flexibility index (Phi) is 4.43. The molecule has 0 aliphatic heterocycles. The van der Waals surface area contributed by atoms with Crippen LogP contribution in [0, 0.1) is 6.92 Å². The Morgan fingerprint density at radius 3 is 2.79 bits per heavy atom. The van der Waals surface area contributed by atoms with Crippen molar-refractivity contribution in [3.63, 3.8) is 0 Å². The van der Waals surface area contributed by atoms with Crippen molar-refractivity contribution in [2.45, 2.75) is 39.2 Å². The van der Waals surface area contributed by atoms with Crippen molar-refractivity contribution in [1.29, 1.82) is 0 Å². The Labute approximate surface area is 91.3 Å². The zero-order valence-corrected chi connectivity index (χ0v) is 9.64. The standard InChI is InChI=1S/C12H18ClN/c1-3-4-8-11(14)10-7-5-6-9(2)12(10)13/h5-7,11H,3-4,8,14H2,1-2H3. The summed E-state index contributed by atoms with van der Waals surface area (Å²) in [6.07, 6.45) is 3.35. The molecule has 1 aromatic carbocycles. The van der Waals surface area contributed by atoms with Gasteiger partial charge in [-0.2, -0.15) is 0 Å². The molecule has 0 radical (unpaired) electrons. The number of hydrogen-bond donors (Lipinski definition) is 1. The Balaban J connectivity index is 2.79. The molecular weight excluding hydrogens is 194 g/mol.